The first-order chi connectivity index (χ1) is 14.4. The molecule has 1 aromatic carbocycles. The molecule has 0 spiro atoms. The van der Waals surface area contributed by atoms with Crippen molar-refractivity contribution >= 4 is 27.7 Å². The van der Waals surface area contributed by atoms with Gasteiger partial charge in [0, 0.05) is 25.8 Å². The molecule has 1 aromatic heterocycles. The lowest BCUT2D eigenvalue weighted by Gasteiger charge is -2.15. The van der Waals surface area contributed by atoms with Crippen LogP contribution in [0.3, 0.4) is 0 Å². The highest BCUT2D eigenvalue weighted by molar-refractivity contribution is 8.00. The van der Waals surface area contributed by atoms with Crippen LogP contribution in [0.15, 0.2) is 46.5 Å². The monoisotopic (exact) mass is 449 g/mol. The van der Waals surface area contributed by atoms with Gasteiger partial charge in [-0.3, -0.25) is 4.79 Å². The highest BCUT2D eigenvalue weighted by Crippen LogP contribution is 2.32. The number of hydrogen-bond acceptors (Lipinski definition) is 7. The van der Waals surface area contributed by atoms with E-state index in [1.807, 2.05) is 18.2 Å². The van der Waals surface area contributed by atoms with E-state index in [1.165, 1.54) is 22.3 Å². The van der Waals surface area contributed by atoms with Gasteiger partial charge in [-0.1, -0.05) is 17.8 Å². The molecule has 1 atom stereocenters. The lowest BCUT2D eigenvalue weighted by Crippen LogP contribution is -2.30. The van der Waals surface area contributed by atoms with Crippen LogP contribution >= 0.6 is 11.8 Å². The third-order valence-corrected chi connectivity index (χ3v) is 7.92. The first-order valence-electron chi connectivity index (χ1n) is 9.72. The maximum absolute atomic E-state index is 12.6. The van der Waals surface area contributed by atoms with Gasteiger partial charge in [-0.05, 0) is 49.6 Å². The van der Waals surface area contributed by atoms with Crippen LogP contribution in [0.2, 0.25) is 0 Å². The van der Waals surface area contributed by atoms with Crippen LogP contribution in [0, 0.1) is 0 Å². The lowest BCUT2D eigenvalue weighted by atomic mass is 10.2. The molecule has 10 heteroatoms. The Kier molecular flexibility index (Phi) is 6.16. The maximum atomic E-state index is 12.6. The predicted octanol–water partition coefficient (Wildman–Crippen LogP) is 2.39. The minimum atomic E-state index is -3.48. The highest BCUT2D eigenvalue weighted by Gasteiger charge is 2.27. The van der Waals surface area contributed by atoms with E-state index in [9.17, 15) is 13.2 Å². The molecule has 0 bridgehead atoms. The Hall–Kier alpha value is -2.30. The molecule has 30 heavy (non-hydrogen) atoms. The van der Waals surface area contributed by atoms with Crippen molar-refractivity contribution in [2.24, 2.45) is 0 Å². The Bertz CT molecular complexity index is 1020. The summed E-state index contributed by atoms with van der Waals surface area (Å²) in [5.41, 5.74) is 0.916. The molecule has 2 aromatic rings. The van der Waals surface area contributed by atoms with Gasteiger partial charge in [0.2, 0.25) is 22.7 Å². The van der Waals surface area contributed by atoms with E-state index in [4.69, 9.17) is 9.47 Å². The number of fused-ring (bicyclic) bond motifs is 1. The number of carbonyl (C=O) groups excluding carboxylic acids is 1. The molecule has 2 aliphatic rings. The van der Waals surface area contributed by atoms with Crippen molar-refractivity contribution < 1.29 is 22.7 Å². The Morgan fingerprint density at radius 1 is 1.20 bits per heavy atom. The number of carbonyl (C=O) groups is 1. The van der Waals surface area contributed by atoms with Gasteiger partial charge in [0.25, 0.3) is 0 Å². The minimum Gasteiger partial charge on any atom is -0.454 e. The van der Waals surface area contributed by atoms with Crippen molar-refractivity contribution in [2.75, 3.05) is 19.9 Å². The molecule has 1 amide bonds. The van der Waals surface area contributed by atoms with Crippen molar-refractivity contribution in [2.45, 2.75) is 41.5 Å². The highest BCUT2D eigenvalue weighted by atomic mass is 32.2. The predicted molar refractivity (Wildman–Crippen MR) is 112 cm³/mol. The van der Waals surface area contributed by atoms with Crippen molar-refractivity contribution in [1.82, 2.24) is 14.6 Å². The largest absolute Gasteiger partial charge is 0.454 e. The Balaban J connectivity index is 1.32. The fraction of sp³-hybridized carbons (Fsp3) is 0.400. The number of thioether (sulfide) groups is 1. The standard InChI is InChI=1S/C20H23N3O5S2/c1-14(20(24)22-11-15-4-6-17-18(10-15)28-13-27-17)29-19-7-5-16(12-21-19)30(25,26)23-8-2-3-9-23/h4-7,10,12,14H,2-3,8-9,11,13H2,1H3,(H,22,24)/t14-/m1/s1. The van der Waals surface area contributed by atoms with Crippen LogP contribution in [-0.2, 0) is 21.4 Å². The van der Waals surface area contributed by atoms with Gasteiger partial charge in [-0.25, -0.2) is 13.4 Å². The van der Waals surface area contributed by atoms with E-state index in [-0.39, 0.29) is 22.8 Å². The zero-order valence-corrected chi connectivity index (χ0v) is 18.2. The summed E-state index contributed by atoms with van der Waals surface area (Å²) in [6.07, 6.45) is 3.15. The number of aromatic nitrogens is 1. The summed E-state index contributed by atoms with van der Waals surface area (Å²) in [7, 11) is -3.48. The second kappa shape index (κ2) is 8.83. The smallest absolute Gasteiger partial charge is 0.244 e. The SMILES string of the molecule is C[C@@H](Sc1ccc(S(=O)(=O)N2CCCC2)cn1)C(=O)NCc1ccc2c(c1)OCO2. The van der Waals surface area contributed by atoms with E-state index in [0.29, 0.717) is 36.2 Å². The Labute approximate surface area is 180 Å². The van der Waals surface area contributed by atoms with E-state index in [0.717, 1.165) is 18.4 Å². The molecule has 1 saturated heterocycles. The second-order valence-electron chi connectivity index (χ2n) is 7.11. The molecule has 0 saturated carbocycles. The number of sulfonamides is 1. The average molecular weight is 450 g/mol. The summed E-state index contributed by atoms with van der Waals surface area (Å²) in [6, 6.07) is 8.76. The summed E-state index contributed by atoms with van der Waals surface area (Å²) in [5.74, 6) is 1.25. The van der Waals surface area contributed by atoms with Gasteiger partial charge in [0.1, 0.15) is 4.90 Å². The normalized spacial score (nSPS) is 17.1. The summed E-state index contributed by atoms with van der Waals surface area (Å²) < 4.78 is 37.2. The average Bonchev–Trinajstić information content (AvgIpc) is 3.44. The summed E-state index contributed by atoms with van der Waals surface area (Å²) in [6.45, 7) is 3.49. The number of ether oxygens (including phenoxy) is 2. The van der Waals surface area contributed by atoms with Crippen molar-refractivity contribution in [1.29, 1.82) is 0 Å². The zero-order valence-electron chi connectivity index (χ0n) is 16.5. The van der Waals surface area contributed by atoms with Gasteiger partial charge in [-0.2, -0.15) is 4.31 Å². The number of amides is 1. The lowest BCUT2D eigenvalue weighted by molar-refractivity contribution is -0.120. The van der Waals surface area contributed by atoms with Gasteiger partial charge >= 0.3 is 0 Å². The van der Waals surface area contributed by atoms with Crippen LogP contribution in [0.4, 0.5) is 0 Å². The van der Waals surface area contributed by atoms with Crippen LogP contribution in [0.5, 0.6) is 11.5 Å². The molecule has 2 aliphatic heterocycles. The number of rotatable bonds is 7. The third kappa shape index (κ3) is 4.55. The van der Waals surface area contributed by atoms with Crippen LogP contribution in [0.25, 0.3) is 0 Å². The van der Waals surface area contributed by atoms with E-state index in [2.05, 4.69) is 10.3 Å². The first kappa shape index (κ1) is 21.0. The molecule has 1 N–H and O–H groups in total. The molecule has 8 nitrogen and oxygen atoms in total. The molecule has 0 unspecified atom stereocenters. The molecule has 4 rings (SSSR count). The minimum absolute atomic E-state index is 0.131. The third-order valence-electron chi connectivity index (χ3n) is 4.98. The fourth-order valence-corrected chi connectivity index (χ4v) is 5.56. The van der Waals surface area contributed by atoms with E-state index in [1.54, 1.807) is 19.1 Å². The van der Waals surface area contributed by atoms with Gasteiger partial charge in [0.05, 0.1) is 10.3 Å². The first-order valence-corrected chi connectivity index (χ1v) is 12.0. The summed E-state index contributed by atoms with van der Waals surface area (Å²) >= 11 is 1.28. The van der Waals surface area contributed by atoms with E-state index >= 15 is 0 Å². The summed E-state index contributed by atoms with van der Waals surface area (Å²) in [4.78, 5) is 16.9. The van der Waals surface area contributed by atoms with Gasteiger partial charge in [-0.15, -0.1) is 0 Å². The molecule has 1 fully saturated rings. The molecule has 3 heterocycles. The molecular weight excluding hydrogens is 426 g/mol. The van der Waals surface area contributed by atoms with Gasteiger partial charge in [0.15, 0.2) is 11.5 Å². The van der Waals surface area contributed by atoms with Crippen LogP contribution in [-0.4, -0.2) is 48.7 Å². The maximum Gasteiger partial charge on any atom is 0.244 e. The number of benzene rings is 1. The van der Waals surface area contributed by atoms with Gasteiger partial charge < -0.3 is 14.8 Å². The Morgan fingerprint density at radius 3 is 2.70 bits per heavy atom. The van der Waals surface area contributed by atoms with Crippen molar-refractivity contribution in [3.8, 4) is 11.5 Å². The van der Waals surface area contributed by atoms with Crippen LogP contribution < -0.4 is 14.8 Å². The molecular formula is C20H23N3O5S2. The van der Waals surface area contributed by atoms with E-state index < -0.39 is 10.0 Å². The van der Waals surface area contributed by atoms with Crippen molar-refractivity contribution in [3.05, 3.63) is 42.1 Å². The Morgan fingerprint density at radius 2 is 1.97 bits per heavy atom. The summed E-state index contributed by atoms with van der Waals surface area (Å²) in [5, 5.41) is 3.11. The quantitative estimate of drug-likeness (QED) is 0.648. The number of nitrogens with one attached hydrogen (secondary N) is 1. The number of nitrogens with zero attached hydrogens (tertiary/aromatic N) is 2. The number of hydrogen-bond donors (Lipinski definition) is 1. The second-order valence-corrected chi connectivity index (χ2v) is 10.4. The van der Waals surface area contributed by atoms with Crippen LogP contribution in [0.1, 0.15) is 25.3 Å². The zero-order chi connectivity index (χ0) is 21.1. The fourth-order valence-electron chi connectivity index (χ4n) is 3.29. The van der Waals surface area contributed by atoms with Crippen molar-refractivity contribution in [3.63, 3.8) is 0 Å². The molecule has 0 radical (unpaired) electrons. The molecule has 160 valence electrons. The topological polar surface area (TPSA) is 97.8 Å². The number of pyridine rings is 1. The molecule has 0 aliphatic carbocycles.